The lowest BCUT2D eigenvalue weighted by Gasteiger charge is -2.25. The molecule has 1 amide bonds. The zero-order valence-corrected chi connectivity index (χ0v) is 25.1. The van der Waals surface area contributed by atoms with Gasteiger partial charge in [0.05, 0.1) is 21.9 Å². The largest absolute Gasteiger partial charge is 0.390 e. The second-order valence-electron chi connectivity index (χ2n) is 10.2. The van der Waals surface area contributed by atoms with Crippen molar-refractivity contribution in [3.63, 3.8) is 0 Å². The van der Waals surface area contributed by atoms with Gasteiger partial charge in [-0.3, -0.25) is 9.52 Å². The van der Waals surface area contributed by atoms with Crippen LogP contribution in [0.5, 0.6) is 0 Å². The first-order valence-corrected chi connectivity index (χ1v) is 16.8. The molecule has 0 aliphatic rings. The van der Waals surface area contributed by atoms with Crippen molar-refractivity contribution in [3.05, 3.63) is 139 Å². The number of benzene rings is 5. The molecule has 11 heteroatoms. The summed E-state index contributed by atoms with van der Waals surface area (Å²) in [7, 11) is -7.84. The molecule has 4 N–H and O–H groups in total. The second-order valence-corrected chi connectivity index (χ2v) is 13.6. The molecule has 226 valence electrons. The Morgan fingerprint density at radius 1 is 0.659 bits per heavy atom. The summed E-state index contributed by atoms with van der Waals surface area (Å²) in [6.45, 7) is -0.347. The van der Waals surface area contributed by atoms with E-state index in [1.54, 1.807) is 36.4 Å². The highest BCUT2D eigenvalue weighted by atomic mass is 32.2. The van der Waals surface area contributed by atoms with E-state index in [9.17, 15) is 26.7 Å². The quantitative estimate of drug-likeness (QED) is 0.162. The van der Waals surface area contributed by atoms with E-state index in [2.05, 4.69) is 14.8 Å². The molecule has 0 aliphatic heterocycles. The van der Waals surface area contributed by atoms with Crippen LogP contribution in [0.3, 0.4) is 0 Å². The highest BCUT2D eigenvalue weighted by Crippen LogP contribution is 2.22. The minimum atomic E-state index is -3.96. The van der Waals surface area contributed by atoms with Gasteiger partial charge < -0.3 is 10.4 Å². The number of aliphatic hydroxyl groups excluding tert-OH is 1. The van der Waals surface area contributed by atoms with Gasteiger partial charge in [-0.2, -0.15) is 0 Å². The van der Waals surface area contributed by atoms with Crippen LogP contribution in [0.15, 0.2) is 137 Å². The first-order valence-electron chi connectivity index (χ1n) is 13.8. The first kappa shape index (κ1) is 30.9. The van der Waals surface area contributed by atoms with Crippen LogP contribution in [-0.4, -0.2) is 46.5 Å². The first-order chi connectivity index (χ1) is 21.1. The molecule has 5 aromatic rings. The third kappa shape index (κ3) is 7.69. The molecule has 9 nitrogen and oxygen atoms in total. The lowest BCUT2D eigenvalue weighted by atomic mass is 10.0. The van der Waals surface area contributed by atoms with Crippen LogP contribution < -0.4 is 14.8 Å². The molecular weight excluding hydrogens is 599 g/mol. The van der Waals surface area contributed by atoms with Crippen LogP contribution in [0, 0.1) is 0 Å². The number of nitrogens with one attached hydrogen (secondary N) is 3. The van der Waals surface area contributed by atoms with E-state index >= 15 is 0 Å². The van der Waals surface area contributed by atoms with Gasteiger partial charge in [0.25, 0.3) is 15.9 Å². The average molecular weight is 630 g/mol. The van der Waals surface area contributed by atoms with E-state index in [4.69, 9.17) is 0 Å². The molecule has 0 bridgehead atoms. The summed E-state index contributed by atoms with van der Waals surface area (Å²) in [6.07, 6.45) is -1.07. The van der Waals surface area contributed by atoms with E-state index in [-0.39, 0.29) is 34.0 Å². The molecular formula is C33H31N3O6S2. The molecule has 0 aromatic heterocycles. The predicted molar refractivity (Wildman–Crippen MR) is 170 cm³/mol. The van der Waals surface area contributed by atoms with Crippen LogP contribution in [-0.2, 0) is 26.5 Å². The number of fused-ring (bicyclic) bond motifs is 1. The molecule has 0 heterocycles. The smallest absolute Gasteiger partial charge is 0.261 e. The third-order valence-electron chi connectivity index (χ3n) is 7.02. The van der Waals surface area contributed by atoms with Gasteiger partial charge in [0.15, 0.2) is 0 Å². The molecule has 0 spiro atoms. The maximum absolute atomic E-state index is 13.4. The van der Waals surface area contributed by atoms with Gasteiger partial charge >= 0.3 is 0 Å². The third-order valence-corrected chi connectivity index (χ3v) is 9.84. The number of hydrogen-bond acceptors (Lipinski definition) is 6. The Labute approximate surface area is 256 Å². The zero-order chi connectivity index (χ0) is 31.2. The number of rotatable bonds is 12. The van der Waals surface area contributed by atoms with E-state index in [0.29, 0.717) is 0 Å². The van der Waals surface area contributed by atoms with Gasteiger partial charge in [0.2, 0.25) is 10.0 Å². The fourth-order valence-electron chi connectivity index (χ4n) is 4.70. The highest BCUT2D eigenvalue weighted by Gasteiger charge is 2.25. The lowest BCUT2D eigenvalue weighted by molar-refractivity contribution is 0.0840. The van der Waals surface area contributed by atoms with Crippen LogP contribution >= 0.6 is 0 Å². The van der Waals surface area contributed by atoms with Gasteiger partial charge in [-0.15, -0.1) is 0 Å². The molecule has 5 rings (SSSR count). The number of anilines is 1. The minimum Gasteiger partial charge on any atom is -0.390 e. The van der Waals surface area contributed by atoms with Crippen molar-refractivity contribution in [1.29, 1.82) is 0 Å². The summed E-state index contributed by atoms with van der Waals surface area (Å²) < 4.78 is 56.7. The van der Waals surface area contributed by atoms with Crippen LogP contribution in [0.2, 0.25) is 0 Å². The topological polar surface area (TPSA) is 142 Å². The van der Waals surface area contributed by atoms with Crippen molar-refractivity contribution in [2.75, 3.05) is 11.3 Å². The fourth-order valence-corrected chi connectivity index (χ4v) is 6.85. The minimum absolute atomic E-state index is 0.0544. The van der Waals surface area contributed by atoms with E-state index in [1.807, 2.05) is 54.6 Å². The Bertz CT molecular complexity index is 1970. The molecule has 0 radical (unpaired) electrons. The maximum Gasteiger partial charge on any atom is 0.261 e. The maximum atomic E-state index is 13.4. The van der Waals surface area contributed by atoms with E-state index in [1.165, 1.54) is 36.4 Å². The standard InChI is InChI=1S/C33H31N3O6S2/c37-32(23-34-43(39,40)29-16-5-2-6-17-29)31(20-24-10-3-1-4-11-24)35-33(38)27-14-9-15-28(21-27)36-44(41,42)30-19-18-25-12-7-8-13-26(25)22-30/h1-19,21-22,31-32,34,36-37H,20,23H2,(H,35,38)/t31-,32?/m0/s1. The van der Waals surface area contributed by atoms with Crippen LogP contribution in [0.4, 0.5) is 5.69 Å². The summed E-state index contributed by atoms with van der Waals surface area (Å²) in [6, 6.07) is 34.3. The molecule has 0 saturated carbocycles. The van der Waals surface area contributed by atoms with Crippen molar-refractivity contribution in [2.45, 2.75) is 28.4 Å². The molecule has 1 unspecified atom stereocenters. The summed E-state index contributed by atoms with van der Waals surface area (Å²) in [5.41, 5.74) is 1.15. The van der Waals surface area contributed by atoms with Gasteiger partial charge in [0.1, 0.15) is 0 Å². The summed E-state index contributed by atoms with van der Waals surface area (Å²) in [5.74, 6) is -0.567. The highest BCUT2D eigenvalue weighted by molar-refractivity contribution is 7.92. The number of amides is 1. The van der Waals surface area contributed by atoms with Crippen molar-refractivity contribution in [1.82, 2.24) is 10.0 Å². The van der Waals surface area contributed by atoms with Crippen molar-refractivity contribution in [3.8, 4) is 0 Å². The molecule has 0 aliphatic carbocycles. The van der Waals surface area contributed by atoms with Gasteiger partial charge in [0, 0.05) is 17.8 Å². The predicted octanol–water partition coefficient (Wildman–Crippen LogP) is 4.32. The summed E-state index contributed by atoms with van der Waals surface area (Å²) in [5, 5.41) is 15.5. The Hall–Kier alpha value is -4.55. The van der Waals surface area contributed by atoms with Gasteiger partial charge in [-0.1, -0.05) is 84.9 Å². The Morgan fingerprint density at radius 3 is 2.05 bits per heavy atom. The zero-order valence-electron chi connectivity index (χ0n) is 23.5. The van der Waals surface area contributed by atoms with Crippen molar-refractivity contribution < 1.29 is 26.7 Å². The SMILES string of the molecule is O=C(N[C@@H](Cc1ccccc1)C(O)CNS(=O)(=O)c1ccccc1)c1cccc(NS(=O)(=O)c2ccc3ccccc3c2)c1. The van der Waals surface area contributed by atoms with Crippen LogP contribution in [0.1, 0.15) is 15.9 Å². The second kappa shape index (κ2) is 13.4. The molecule has 2 atom stereocenters. The number of aliphatic hydroxyl groups is 1. The van der Waals surface area contributed by atoms with Crippen LogP contribution in [0.25, 0.3) is 10.8 Å². The van der Waals surface area contributed by atoms with Gasteiger partial charge in [-0.05, 0) is 65.2 Å². The van der Waals surface area contributed by atoms with Crippen molar-refractivity contribution in [2.24, 2.45) is 0 Å². The monoisotopic (exact) mass is 629 g/mol. The Kier molecular flexibility index (Phi) is 9.40. The Morgan fingerprint density at radius 2 is 1.32 bits per heavy atom. The number of hydrogen-bond donors (Lipinski definition) is 4. The molecule has 44 heavy (non-hydrogen) atoms. The van der Waals surface area contributed by atoms with E-state index in [0.717, 1.165) is 16.3 Å². The van der Waals surface area contributed by atoms with Crippen molar-refractivity contribution >= 4 is 42.4 Å². The molecule has 5 aromatic carbocycles. The number of sulfonamides is 2. The number of carbonyl (C=O) groups is 1. The molecule has 0 fully saturated rings. The fraction of sp³-hybridized carbons (Fsp3) is 0.121. The summed E-state index contributed by atoms with van der Waals surface area (Å²) >= 11 is 0. The molecule has 0 saturated heterocycles. The van der Waals surface area contributed by atoms with E-state index < -0.39 is 38.1 Å². The average Bonchev–Trinajstić information content (AvgIpc) is 3.04. The Balaban J connectivity index is 1.32. The lowest BCUT2D eigenvalue weighted by Crippen LogP contribution is -2.49. The summed E-state index contributed by atoms with van der Waals surface area (Å²) in [4.78, 5) is 13.5. The number of carbonyl (C=O) groups excluding carboxylic acids is 1. The normalized spacial score (nSPS) is 13.2. The van der Waals surface area contributed by atoms with Gasteiger partial charge in [-0.25, -0.2) is 21.6 Å².